The summed E-state index contributed by atoms with van der Waals surface area (Å²) in [5, 5.41) is 0. The lowest BCUT2D eigenvalue weighted by Crippen LogP contribution is -2.37. The molecule has 4 nitrogen and oxygen atoms in total. The lowest BCUT2D eigenvalue weighted by Gasteiger charge is -2.32. The van der Waals surface area contributed by atoms with E-state index in [1.165, 1.54) is 12.8 Å². The first kappa shape index (κ1) is 15.9. The third-order valence-electron chi connectivity index (χ3n) is 4.84. The molecule has 1 fully saturated rings. The van der Waals surface area contributed by atoms with E-state index in [0.29, 0.717) is 6.04 Å². The molecule has 1 N–H and O–H groups in total. The molecule has 1 aliphatic heterocycles. The highest BCUT2D eigenvalue weighted by molar-refractivity contribution is 5.75. The average Bonchev–Trinajstić information content (AvgIpc) is 2.91. The number of terminal acetylenes is 1. The quantitative estimate of drug-likeness (QED) is 0.657. The predicted octanol–water partition coefficient (Wildman–Crippen LogP) is 3.16. The van der Waals surface area contributed by atoms with E-state index in [2.05, 4.69) is 15.8 Å². The molecule has 1 aromatic carbocycles. The van der Waals surface area contributed by atoms with Gasteiger partial charge in [0.2, 0.25) is 0 Å². The molecule has 23 heavy (non-hydrogen) atoms. The Morgan fingerprint density at radius 1 is 1.17 bits per heavy atom. The van der Waals surface area contributed by atoms with Crippen molar-refractivity contribution in [2.45, 2.75) is 44.6 Å². The Hall–Kier alpha value is -1.99. The number of aromatic nitrogens is 2. The standard InChI is InChI=1S/C19H25N3O/c1-2-3-4-5-8-13-21-14-11-16(12-15-21)22-18-10-7-6-9-17(18)20-19(22)23/h1,6-7,9-10,16H,3-5,8,11-15H2,(H,20,23). The van der Waals surface area contributed by atoms with E-state index < -0.39 is 0 Å². The van der Waals surface area contributed by atoms with Crippen LogP contribution in [0.2, 0.25) is 0 Å². The van der Waals surface area contributed by atoms with E-state index in [0.717, 1.165) is 56.4 Å². The number of nitrogens with zero attached hydrogens (tertiary/aromatic N) is 2. The van der Waals surface area contributed by atoms with Crippen molar-refractivity contribution in [1.82, 2.24) is 14.5 Å². The molecule has 1 aliphatic rings. The molecule has 1 saturated heterocycles. The number of aromatic amines is 1. The van der Waals surface area contributed by atoms with E-state index >= 15 is 0 Å². The van der Waals surface area contributed by atoms with Gasteiger partial charge in [0.15, 0.2) is 0 Å². The molecule has 1 aromatic heterocycles. The smallest absolute Gasteiger partial charge is 0.306 e. The normalized spacial score (nSPS) is 16.7. The van der Waals surface area contributed by atoms with Crippen LogP contribution >= 0.6 is 0 Å². The van der Waals surface area contributed by atoms with Gasteiger partial charge in [0, 0.05) is 25.6 Å². The first-order valence-electron chi connectivity index (χ1n) is 8.64. The van der Waals surface area contributed by atoms with Crippen LogP contribution in [0.15, 0.2) is 29.1 Å². The van der Waals surface area contributed by atoms with Gasteiger partial charge < -0.3 is 9.88 Å². The van der Waals surface area contributed by atoms with Crippen LogP contribution in [0, 0.1) is 12.3 Å². The minimum atomic E-state index is 0.0268. The molecular formula is C19H25N3O. The van der Waals surface area contributed by atoms with Crippen molar-refractivity contribution in [3.05, 3.63) is 34.7 Å². The summed E-state index contributed by atoms with van der Waals surface area (Å²) < 4.78 is 1.96. The lowest BCUT2D eigenvalue weighted by molar-refractivity contribution is 0.184. The van der Waals surface area contributed by atoms with Gasteiger partial charge in [-0.25, -0.2) is 4.79 Å². The van der Waals surface area contributed by atoms with Gasteiger partial charge in [0.25, 0.3) is 0 Å². The zero-order valence-corrected chi connectivity index (χ0v) is 13.6. The number of likely N-dealkylation sites (tertiary alicyclic amines) is 1. The zero-order chi connectivity index (χ0) is 16.1. The Bertz CT molecular complexity index is 729. The Morgan fingerprint density at radius 2 is 1.96 bits per heavy atom. The molecule has 0 amide bonds. The number of unbranched alkanes of at least 4 members (excludes halogenated alkanes) is 3. The second-order valence-electron chi connectivity index (χ2n) is 6.40. The van der Waals surface area contributed by atoms with Gasteiger partial charge in [-0.3, -0.25) is 4.57 Å². The van der Waals surface area contributed by atoms with Crippen LogP contribution in [0.4, 0.5) is 0 Å². The molecule has 3 rings (SSSR count). The van der Waals surface area contributed by atoms with Gasteiger partial charge in [-0.2, -0.15) is 0 Å². The van der Waals surface area contributed by atoms with E-state index in [1.54, 1.807) is 0 Å². The minimum absolute atomic E-state index is 0.0268. The second kappa shape index (κ2) is 7.52. The minimum Gasteiger partial charge on any atom is -0.306 e. The van der Waals surface area contributed by atoms with Crippen molar-refractivity contribution in [1.29, 1.82) is 0 Å². The number of hydrogen-bond acceptors (Lipinski definition) is 2. The van der Waals surface area contributed by atoms with Gasteiger partial charge in [-0.1, -0.05) is 18.6 Å². The summed E-state index contributed by atoms with van der Waals surface area (Å²) in [5.41, 5.74) is 2.00. The van der Waals surface area contributed by atoms with E-state index in [9.17, 15) is 4.79 Å². The third kappa shape index (κ3) is 3.68. The van der Waals surface area contributed by atoms with Crippen molar-refractivity contribution >= 4 is 11.0 Å². The summed E-state index contributed by atoms with van der Waals surface area (Å²) in [6.07, 6.45) is 11.8. The van der Waals surface area contributed by atoms with Gasteiger partial charge in [0.05, 0.1) is 11.0 Å². The van der Waals surface area contributed by atoms with Gasteiger partial charge in [0.1, 0.15) is 0 Å². The molecule has 2 heterocycles. The average molecular weight is 311 g/mol. The van der Waals surface area contributed by atoms with E-state index in [-0.39, 0.29) is 5.69 Å². The molecule has 0 saturated carbocycles. The van der Waals surface area contributed by atoms with Crippen LogP contribution < -0.4 is 5.69 Å². The highest BCUT2D eigenvalue weighted by Crippen LogP contribution is 2.24. The summed E-state index contributed by atoms with van der Waals surface area (Å²) in [5.74, 6) is 2.70. The number of nitrogens with one attached hydrogen (secondary N) is 1. The van der Waals surface area contributed by atoms with Crippen LogP contribution in [-0.2, 0) is 0 Å². The molecule has 2 aromatic rings. The summed E-state index contributed by atoms with van der Waals surface area (Å²) in [4.78, 5) is 17.8. The number of hydrogen-bond donors (Lipinski definition) is 1. The summed E-state index contributed by atoms with van der Waals surface area (Å²) in [6.45, 7) is 3.30. The number of H-pyrrole nitrogens is 1. The van der Waals surface area contributed by atoms with Crippen molar-refractivity contribution in [2.24, 2.45) is 0 Å². The fourth-order valence-corrected chi connectivity index (χ4v) is 3.58. The summed E-state index contributed by atoms with van der Waals surface area (Å²) in [7, 11) is 0. The van der Waals surface area contributed by atoms with Crippen LogP contribution in [0.5, 0.6) is 0 Å². The van der Waals surface area contributed by atoms with E-state index in [1.807, 2.05) is 28.8 Å². The van der Waals surface area contributed by atoms with Gasteiger partial charge in [-0.15, -0.1) is 12.3 Å². The summed E-state index contributed by atoms with van der Waals surface area (Å²) in [6, 6.07) is 8.28. The van der Waals surface area contributed by atoms with Crippen molar-refractivity contribution in [3.8, 4) is 12.3 Å². The number of fused-ring (bicyclic) bond motifs is 1. The van der Waals surface area contributed by atoms with Crippen molar-refractivity contribution < 1.29 is 0 Å². The molecule has 0 bridgehead atoms. The molecule has 0 radical (unpaired) electrons. The highest BCUT2D eigenvalue weighted by Gasteiger charge is 2.23. The molecule has 0 atom stereocenters. The number of para-hydroxylation sites is 2. The van der Waals surface area contributed by atoms with Crippen LogP contribution in [0.25, 0.3) is 11.0 Å². The number of rotatable bonds is 6. The Kier molecular flexibility index (Phi) is 5.19. The molecule has 4 heteroatoms. The maximum atomic E-state index is 12.3. The Balaban J connectivity index is 1.55. The number of benzene rings is 1. The maximum Gasteiger partial charge on any atom is 0.326 e. The fourth-order valence-electron chi connectivity index (χ4n) is 3.58. The van der Waals surface area contributed by atoms with Crippen LogP contribution in [-0.4, -0.2) is 34.1 Å². The first-order valence-corrected chi connectivity index (χ1v) is 8.64. The Morgan fingerprint density at radius 3 is 2.74 bits per heavy atom. The van der Waals surface area contributed by atoms with Crippen LogP contribution in [0.1, 0.15) is 44.6 Å². The van der Waals surface area contributed by atoms with Crippen molar-refractivity contribution in [2.75, 3.05) is 19.6 Å². The largest absolute Gasteiger partial charge is 0.326 e. The molecule has 122 valence electrons. The van der Waals surface area contributed by atoms with E-state index in [4.69, 9.17) is 6.42 Å². The van der Waals surface area contributed by atoms with Gasteiger partial charge >= 0.3 is 5.69 Å². The highest BCUT2D eigenvalue weighted by atomic mass is 16.1. The predicted molar refractivity (Wildman–Crippen MR) is 94.6 cm³/mol. The molecule has 0 spiro atoms. The van der Waals surface area contributed by atoms with Crippen molar-refractivity contribution in [3.63, 3.8) is 0 Å². The number of piperidine rings is 1. The van der Waals surface area contributed by atoms with Gasteiger partial charge in [-0.05, 0) is 44.4 Å². The zero-order valence-electron chi connectivity index (χ0n) is 13.6. The topological polar surface area (TPSA) is 41.0 Å². The first-order chi connectivity index (χ1) is 11.3. The molecular weight excluding hydrogens is 286 g/mol. The second-order valence-corrected chi connectivity index (χ2v) is 6.40. The van der Waals surface area contributed by atoms with Crippen LogP contribution in [0.3, 0.4) is 0 Å². The SMILES string of the molecule is C#CCCCCCN1CCC(n2c(=O)[nH]c3ccccc32)CC1. The monoisotopic (exact) mass is 311 g/mol. The Labute approximate surface area is 137 Å². The fraction of sp³-hybridized carbons (Fsp3) is 0.526. The summed E-state index contributed by atoms with van der Waals surface area (Å²) >= 11 is 0. The number of imidazole rings is 1. The molecule has 0 aliphatic carbocycles. The third-order valence-corrected chi connectivity index (χ3v) is 4.84. The maximum absolute atomic E-state index is 12.3. The lowest BCUT2D eigenvalue weighted by atomic mass is 10.0. The molecule has 0 unspecified atom stereocenters.